The van der Waals surface area contributed by atoms with Crippen molar-refractivity contribution >= 4 is 11.5 Å². The quantitative estimate of drug-likeness (QED) is 0.693. The lowest BCUT2D eigenvalue weighted by Crippen LogP contribution is -2.24. The summed E-state index contributed by atoms with van der Waals surface area (Å²) in [6, 6.07) is 11.7. The highest BCUT2D eigenvalue weighted by molar-refractivity contribution is 5.49. The van der Waals surface area contributed by atoms with Gasteiger partial charge in [-0.05, 0) is 49.6 Å². The van der Waals surface area contributed by atoms with Crippen LogP contribution in [0.3, 0.4) is 0 Å². The number of ether oxygens (including phenoxy) is 1. The Morgan fingerprint density at radius 1 is 1.15 bits per heavy atom. The lowest BCUT2D eigenvalue weighted by molar-refractivity contribution is 0.137. The highest BCUT2D eigenvalue weighted by atomic mass is 19.3. The van der Waals surface area contributed by atoms with Crippen molar-refractivity contribution in [3.05, 3.63) is 47.8 Å². The number of rotatable bonds is 5. The topological polar surface area (TPSA) is 55.5 Å². The van der Waals surface area contributed by atoms with Crippen LogP contribution in [-0.4, -0.2) is 33.0 Å². The molecule has 4 rings (SSSR count). The molecule has 1 aliphatic rings. The molecule has 1 fully saturated rings. The van der Waals surface area contributed by atoms with E-state index >= 15 is 0 Å². The number of alkyl halides is 2. The van der Waals surface area contributed by atoms with E-state index in [-0.39, 0.29) is 6.04 Å². The molecule has 6 nitrogen and oxygen atoms in total. The number of benzene rings is 1. The molecule has 0 N–H and O–H groups in total. The minimum Gasteiger partial charge on any atom is -0.494 e. The van der Waals surface area contributed by atoms with Crippen LogP contribution < -0.4 is 9.64 Å². The zero-order valence-corrected chi connectivity index (χ0v) is 14.3. The Morgan fingerprint density at radius 2 is 1.96 bits per heavy atom. The maximum Gasteiger partial charge on any atom is 0.299 e. The van der Waals surface area contributed by atoms with Crippen molar-refractivity contribution in [3.8, 4) is 5.75 Å². The van der Waals surface area contributed by atoms with Gasteiger partial charge < -0.3 is 9.64 Å². The van der Waals surface area contributed by atoms with Crippen molar-refractivity contribution in [3.63, 3.8) is 0 Å². The van der Waals surface area contributed by atoms with Gasteiger partial charge in [-0.15, -0.1) is 15.3 Å². The normalized spacial score (nSPS) is 17.4. The van der Waals surface area contributed by atoms with Crippen molar-refractivity contribution in [1.29, 1.82) is 0 Å². The zero-order chi connectivity index (χ0) is 18.1. The van der Waals surface area contributed by atoms with Gasteiger partial charge in [-0.25, -0.2) is 8.78 Å². The minimum atomic E-state index is -2.71. The standard InChI is InChI=1S/C18H19F2N5O/c1-2-26-13-7-5-12(6-8-13)14-4-3-11-24(14)16-10-9-15-21-22-18(17(19)20)25(15)23-16/h5-10,14,17H,2-4,11H2,1H3. The van der Waals surface area contributed by atoms with Crippen LogP contribution >= 0.6 is 0 Å². The highest BCUT2D eigenvalue weighted by Gasteiger charge is 2.28. The first-order valence-electron chi connectivity index (χ1n) is 8.67. The average molecular weight is 359 g/mol. The Bertz CT molecular complexity index is 896. The minimum absolute atomic E-state index is 0.155. The molecule has 1 aromatic carbocycles. The van der Waals surface area contributed by atoms with Crippen molar-refractivity contribution in [2.24, 2.45) is 0 Å². The fourth-order valence-electron chi connectivity index (χ4n) is 3.43. The van der Waals surface area contributed by atoms with Crippen LogP contribution in [0.5, 0.6) is 5.75 Å². The van der Waals surface area contributed by atoms with Gasteiger partial charge in [-0.1, -0.05) is 12.1 Å². The molecule has 1 saturated heterocycles. The molecular weight excluding hydrogens is 340 g/mol. The third-order valence-electron chi connectivity index (χ3n) is 4.59. The van der Waals surface area contributed by atoms with E-state index in [2.05, 4.69) is 32.3 Å². The summed E-state index contributed by atoms with van der Waals surface area (Å²) in [4.78, 5) is 2.14. The van der Waals surface area contributed by atoms with Gasteiger partial charge in [-0.2, -0.15) is 4.52 Å². The molecular formula is C18H19F2N5O. The molecule has 3 aromatic rings. The van der Waals surface area contributed by atoms with Gasteiger partial charge in [0.05, 0.1) is 12.6 Å². The predicted molar refractivity (Wildman–Crippen MR) is 92.7 cm³/mol. The van der Waals surface area contributed by atoms with Gasteiger partial charge >= 0.3 is 0 Å². The van der Waals surface area contributed by atoms with E-state index in [9.17, 15) is 8.78 Å². The Balaban J connectivity index is 1.65. The molecule has 1 aliphatic heterocycles. The lowest BCUT2D eigenvalue weighted by atomic mass is 10.0. The number of hydrogen-bond acceptors (Lipinski definition) is 5. The van der Waals surface area contributed by atoms with Gasteiger partial charge in [0.1, 0.15) is 11.6 Å². The van der Waals surface area contributed by atoms with Crippen LogP contribution in [0.4, 0.5) is 14.6 Å². The number of hydrogen-bond donors (Lipinski definition) is 0. The summed E-state index contributed by atoms with van der Waals surface area (Å²) in [6.45, 7) is 3.40. The van der Waals surface area contributed by atoms with E-state index in [1.54, 1.807) is 6.07 Å². The molecule has 0 amide bonds. The van der Waals surface area contributed by atoms with Crippen molar-refractivity contribution in [1.82, 2.24) is 19.8 Å². The fourth-order valence-corrected chi connectivity index (χ4v) is 3.43. The molecule has 0 aliphatic carbocycles. The number of fused-ring (bicyclic) bond motifs is 1. The summed E-state index contributed by atoms with van der Waals surface area (Å²) in [7, 11) is 0. The molecule has 26 heavy (non-hydrogen) atoms. The van der Waals surface area contributed by atoms with E-state index in [4.69, 9.17) is 4.74 Å². The molecule has 3 heterocycles. The summed E-state index contributed by atoms with van der Waals surface area (Å²) in [5.74, 6) is 1.06. The molecule has 0 spiro atoms. The summed E-state index contributed by atoms with van der Waals surface area (Å²) in [5, 5.41) is 11.7. The van der Waals surface area contributed by atoms with Crippen LogP contribution in [0.1, 0.15) is 43.6 Å². The van der Waals surface area contributed by atoms with E-state index in [0.29, 0.717) is 18.1 Å². The largest absolute Gasteiger partial charge is 0.494 e. The number of aromatic nitrogens is 4. The second-order valence-corrected chi connectivity index (χ2v) is 6.17. The first-order chi connectivity index (χ1) is 12.7. The third kappa shape index (κ3) is 2.95. The molecule has 1 atom stereocenters. The van der Waals surface area contributed by atoms with Gasteiger partial charge in [0.2, 0.25) is 5.82 Å². The monoisotopic (exact) mass is 359 g/mol. The Kier molecular flexibility index (Phi) is 4.40. The van der Waals surface area contributed by atoms with E-state index in [1.165, 1.54) is 0 Å². The van der Waals surface area contributed by atoms with Crippen LogP contribution in [0.15, 0.2) is 36.4 Å². The molecule has 0 bridgehead atoms. The Labute approximate surface area is 149 Å². The smallest absolute Gasteiger partial charge is 0.299 e. The average Bonchev–Trinajstić information content (AvgIpc) is 3.29. The van der Waals surface area contributed by atoms with E-state index in [0.717, 1.165) is 35.2 Å². The van der Waals surface area contributed by atoms with Crippen molar-refractivity contribution in [2.75, 3.05) is 18.1 Å². The fraction of sp³-hybridized carbons (Fsp3) is 0.389. The van der Waals surface area contributed by atoms with Crippen molar-refractivity contribution in [2.45, 2.75) is 32.2 Å². The van der Waals surface area contributed by atoms with Crippen molar-refractivity contribution < 1.29 is 13.5 Å². The van der Waals surface area contributed by atoms with Gasteiger partial charge in [-0.3, -0.25) is 0 Å². The SMILES string of the molecule is CCOc1ccc(C2CCCN2c2ccc3nnc(C(F)F)n3n2)cc1. The first-order valence-corrected chi connectivity index (χ1v) is 8.67. The molecule has 8 heteroatoms. The number of halogens is 2. The maximum absolute atomic E-state index is 13.1. The number of anilines is 1. The van der Waals surface area contributed by atoms with E-state index in [1.807, 2.05) is 25.1 Å². The Hall–Kier alpha value is -2.77. The summed E-state index contributed by atoms with van der Waals surface area (Å²) >= 11 is 0. The predicted octanol–water partition coefficient (Wildman–Crippen LogP) is 3.80. The van der Waals surface area contributed by atoms with Gasteiger partial charge in [0.15, 0.2) is 5.65 Å². The molecule has 0 saturated carbocycles. The zero-order valence-electron chi connectivity index (χ0n) is 14.3. The molecule has 0 radical (unpaired) electrons. The summed E-state index contributed by atoms with van der Waals surface area (Å²) < 4.78 is 32.8. The summed E-state index contributed by atoms with van der Waals surface area (Å²) in [5.41, 5.74) is 1.48. The van der Waals surface area contributed by atoms with Gasteiger partial charge in [0, 0.05) is 6.54 Å². The highest BCUT2D eigenvalue weighted by Crippen LogP contribution is 2.36. The third-order valence-corrected chi connectivity index (χ3v) is 4.59. The van der Waals surface area contributed by atoms with E-state index < -0.39 is 12.2 Å². The van der Waals surface area contributed by atoms with Crippen LogP contribution in [0.2, 0.25) is 0 Å². The lowest BCUT2D eigenvalue weighted by Gasteiger charge is -2.26. The Morgan fingerprint density at radius 3 is 2.69 bits per heavy atom. The van der Waals surface area contributed by atoms with Crippen LogP contribution in [0, 0.1) is 0 Å². The second kappa shape index (κ2) is 6.86. The first kappa shape index (κ1) is 16.7. The van der Waals surface area contributed by atoms with Crippen LogP contribution in [0.25, 0.3) is 5.65 Å². The number of nitrogens with zero attached hydrogens (tertiary/aromatic N) is 5. The van der Waals surface area contributed by atoms with Gasteiger partial charge in [0.25, 0.3) is 6.43 Å². The van der Waals surface area contributed by atoms with Crippen LogP contribution in [-0.2, 0) is 0 Å². The molecule has 136 valence electrons. The maximum atomic E-state index is 13.1. The summed E-state index contributed by atoms with van der Waals surface area (Å²) in [6.07, 6.45) is -0.716. The second-order valence-electron chi connectivity index (χ2n) is 6.17. The molecule has 2 aromatic heterocycles. The molecule has 1 unspecified atom stereocenters.